The molecule has 1 unspecified atom stereocenters. The lowest BCUT2D eigenvalue weighted by Gasteiger charge is -2.19. The van der Waals surface area contributed by atoms with Crippen LogP contribution in [-0.2, 0) is 4.79 Å². The number of hydrogen-bond acceptors (Lipinski definition) is 6. The van der Waals surface area contributed by atoms with Gasteiger partial charge in [-0.3, -0.25) is 10.1 Å². The SMILES string of the molecule is CCCSc1nsc(NC(=O)N2CCC(C)(C(=O)O)C2)n1. The van der Waals surface area contributed by atoms with Crippen molar-refractivity contribution in [3.8, 4) is 0 Å². The molecule has 1 aliphatic rings. The number of nitrogens with one attached hydrogen (secondary N) is 1. The summed E-state index contributed by atoms with van der Waals surface area (Å²) in [6.45, 7) is 4.39. The molecule has 2 heterocycles. The van der Waals surface area contributed by atoms with Crippen molar-refractivity contribution in [1.29, 1.82) is 0 Å². The maximum Gasteiger partial charge on any atom is 0.323 e. The first-order valence-corrected chi connectivity index (χ1v) is 8.46. The Labute approximate surface area is 131 Å². The van der Waals surface area contributed by atoms with E-state index in [4.69, 9.17) is 5.11 Å². The molecular weight excluding hydrogens is 312 g/mol. The highest BCUT2D eigenvalue weighted by Crippen LogP contribution is 2.30. The van der Waals surface area contributed by atoms with E-state index < -0.39 is 11.4 Å². The highest BCUT2D eigenvalue weighted by atomic mass is 32.2. The van der Waals surface area contributed by atoms with E-state index in [1.54, 1.807) is 18.7 Å². The summed E-state index contributed by atoms with van der Waals surface area (Å²) in [6.07, 6.45) is 1.50. The fourth-order valence-corrected chi connectivity index (χ4v) is 3.38. The van der Waals surface area contributed by atoms with Crippen molar-refractivity contribution in [2.45, 2.75) is 31.8 Å². The molecule has 0 saturated carbocycles. The van der Waals surface area contributed by atoms with Gasteiger partial charge < -0.3 is 10.0 Å². The molecule has 1 aromatic rings. The summed E-state index contributed by atoms with van der Waals surface area (Å²) in [5.41, 5.74) is -0.861. The number of anilines is 1. The molecule has 1 fully saturated rings. The molecule has 2 N–H and O–H groups in total. The molecule has 0 aromatic carbocycles. The minimum Gasteiger partial charge on any atom is -0.481 e. The molecule has 0 bridgehead atoms. The summed E-state index contributed by atoms with van der Waals surface area (Å²) >= 11 is 2.69. The number of aliphatic carboxylic acids is 1. The van der Waals surface area contributed by atoms with Crippen LogP contribution < -0.4 is 5.32 Å². The molecule has 21 heavy (non-hydrogen) atoms. The number of amides is 2. The summed E-state index contributed by atoms with van der Waals surface area (Å²) in [7, 11) is 0. The lowest BCUT2D eigenvalue weighted by molar-refractivity contribution is -0.146. The van der Waals surface area contributed by atoms with E-state index in [0.29, 0.717) is 23.3 Å². The van der Waals surface area contributed by atoms with Gasteiger partial charge in [-0.2, -0.15) is 9.36 Å². The lowest BCUT2D eigenvalue weighted by atomic mass is 9.90. The minimum atomic E-state index is -0.869. The Balaban J connectivity index is 1.90. The molecule has 0 aliphatic carbocycles. The number of aromatic nitrogens is 2. The molecular formula is C12H18N4O3S2. The van der Waals surface area contributed by atoms with E-state index in [2.05, 4.69) is 21.6 Å². The smallest absolute Gasteiger partial charge is 0.323 e. The third-order valence-corrected chi connectivity index (χ3v) is 5.13. The maximum absolute atomic E-state index is 12.1. The van der Waals surface area contributed by atoms with Crippen molar-refractivity contribution in [2.24, 2.45) is 5.41 Å². The molecule has 2 rings (SSSR count). The predicted octanol–water partition coefficient (Wildman–Crippen LogP) is 2.37. The Morgan fingerprint density at radius 3 is 2.95 bits per heavy atom. The topological polar surface area (TPSA) is 95.4 Å². The van der Waals surface area contributed by atoms with Gasteiger partial charge in [-0.15, -0.1) is 0 Å². The van der Waals surface area contributed by atoms with Crippen LogP contribution in [-0.4, -0.2) is 50.2 Å². The number of hydrogen-bond donors (Lipinski definition) is 2. The molecule has 1 aliphatic heterocycles. The first-order chi connectivity index (χ1) is 9.94. The molecule has 1 atom stereocenters. The molecule has 1 aromatic heterocycles. The molecule has 2 amide bonds. The van der Waals surface area contributed by atoms with Crippen molar-refractivity contribution >= 4 is 40.4 Å². The number of likely N-dealkylation sites (tertiary alicyclic amines) is 1. The largest absolute Gasteiger partial charge is 0.481 e. The van der Waals surface area contributed by atoms with Crippen LogP contribution in [0.15, 0.2) is 5.16 Å². The van der Waals surface area contributed by atoms with Gasteiger partial charge in [0.1, 0.15) is 0 Å². The zero-order valence-electron chi connectivity index (χ0n) is 12.0. The standard InChI is InChI=1S/C12H18N4O3S2/c1-3-6-20-10-13-9(21-15-10)14-11(19)16-5-4-12(2,7-16)8(17)18/h3-7H2,1-2H3,(H,17,18)(H,13,14,15,19). The van der Waals surface area contributed by atoms with Gasteiger partial charge in [0.25, 0.3) is 0 Å². The number of carboxylic acids is 1. The van der Waals surface area contributed by atoms with Crippen LogP contribution in [0.4, 0.5) is 9.93 Å². The Kier molecular flexibility index (Phi) is 5.04. The van der Waals surface area contributed by atoms with Gasteiger partial charge in [0.2, 0.25) is 10.3 Å². The predicted molar refractivity (Wildman–Crippen MR) is 81.9 cm³/mol. The first kappa shape index (κ1) is 16.0. The van der Waals surface area contributed by atoms with Crippen LogP contribution >= 0.6 is 23.3 Å². The van der Waals surface area contributed by atoms with Gasteiger partial charge in [-0.1, -0.05) is 18.7 Å². The van der Waals surface area contributed by atoms with Gasteiger partial charge in [-0.05, 0) is 19.8 Å². The van der Waals surface area contributed by atoms with Gasteiger partial charge in [0, 0.05) is 30.4 Å². The number of carbonyl (C=O) groups is 2. The van der Waals surface area contributed by atoms with E-state index >= 15 is 0 Å². The molecule has 0 radical (unpaired) electrons. The third kappa shape index (κ3) is 3.85. The van der Waals surface area contributed by atoms with Crippen molar-refractivity contribution in [3.63, 3.8) is 0 Å². The fraction of sp³-hybridized carbons (Fsp3) is 0.667. The van der Waals surface area contributed by atoms with Gasteiger partial charge in [-0.25, -0.2) is 4.79 Å². The molecule has 1 saturated heterocycles. The Bertz CT molecular complexity index is 536. The molecule has 7 nitrogen and oxygen atoms in total. The van der Waals surface area contributed by atoms with Gasteiger partial charge >= 0.3 is 12.0 Å². The van der Waals surface area contributed by atoms with Gasteiger partial charge in [0.15, 0.2) is 0 Å². The Hall–Kier alpha value is -1.35. The number of carboxylic acid groups (broad SMARTS) is 1. The maximum atomic E-state index is 12.1. The second kappa shape index (κ2) is 6.61. The number of rotatable bonds is 5. The minimum absolute atomic E-state index is 0.213. The number of nitrogens with zero attached hydrogens (tertiary/aromatic N) is 3. The zero-order chi connectivity index (χ0) is 15.5. The molecule has 9 heteroatoms. The van der Waals surface area contributed by atoms with Crippen molar-refractivity contribution in [3.05, 3.63) is 0 Å². The lowest BCUT2D eigenvalue weighted by Crippen LogP contribution is -2.37. The fourth-order valence-electron chi connectivity index (χ4n) is 1.99. The second-order valence-corrected chi connectivity index (χ2v) is 7.01. The van der Waals surface area contributed by atoms with Crippen LogP contribution in [0, 0.1) is 5.41 Å². The van der Waals surface area contributed by atoms with E-state index in [1.165, 1.54) is 4.90 Å². The quantitative estimate of drug-likeness (QED) is 0.805. The summed E-state index contributed by atoms with van der Waals surface area (Å²) in [5, 5.41) is 13.0. The van der Waals surface area contributed by atoms with Crippen LogP contribution in [0.5, 0.6) is 0 Å². The highest BCUT2D eigenvalue weighted by Gasteiger charge is 2.42. The Morgan fingerprint density at radius 2 is 2.33 bits per heavy atom. The highest BCUT2D eigenvalue weighted by molar-refractivity contribution is 7.99. The normalized spacial score (nSPS) is 21.5. The van der Waals surface area contributed by atoms with E-state index in [1.807, 2.05) is 0 Å². The van der Waals surface area contributed by atoms with E-state index in [9.17, 15) is 9.59 Å². The van der Waals surface area contributed by atoms with Crippen molar-refractivity contribution in [1.82, 2.24) is 14.3 Å². The number of carbonyl (C=O) groups excluding carboxylic acids is 1. The third-order valence-electron chi connectivity index (χ3n) is 3.33. The van der Waals surface area contributed by atoms with Crippen LogP contribution in [0.1, 0.15) is 26.7 Å². The van der Waals surface area contributed by atoms with Crippen molar-refractivity contribution in [2.75, 3.05) is 24.2 Å². The zero-order valence-corrected chi connectivity index (χ0v) is 13.6. The van der Waals surface area contributed by atoms with Crippen molar-refractivity contribution < 1.29 is 14.7 Å². The van der Waals surface area contributed by atoms with Crippen LogP contribution in [0.2, 0.25) is 0 Å². The molecule has 116 valence electrons. The Morgan fingerprint density at radius 1 is 1.57 bits per heavy atom. The van der Waals surface area contributed by atoms with Crippen LogP contribution in [0.3, 0.4) is 0 Å². The average molecular weight is 330 g/mol. The average Bonchev–Trinajstić information content (AvgIpc) is 3.04. The summed E-state index contributed by atoms with van der Waals surface area (Å²) < 4.78 is 4.16. The second-order valence-electron chi connectivity index (χ2n) is 5.20. The molecule has 0 spiro atoms. The number of urea groups is 1. The monoisotopic (exact) mass is 330 g/mol. The number of thioether (sulfide) groups is 1. The summed E-state index contributed by atoms with van der Waals surface area (Å²) in [6, 6.07) is -0.317. The summed E-state index contributed by atoms with van der Waals surface area (Å²) in [5.74, 6) is 0.0692. The first-order valence-electron chi connectivity index (χ1n) is 6.70. The van der Waals surface area contributed by atoms with Crippen LogP contribution in [0.25, 0.3) is 0 Å². The van der Waals surface area contributed by atoms with E-state index in [0.717, 1.165) is 23.7 Å². The summed E-state index contributed by atoms with van der Waals surface area (Å²) in [4.78, 5) is 29.0. The van der Waals surface area contributed by atoms with Gasteiger partial charge in [0.05, 0.1) is 5.41 Å². The van der Waals surface area contributed by atoms with E-state index in [-0.39, 0.29) is 12.6 Å².